The SMILES string of the molecule is CC(C)C(C)SCc1ccc(/C=C/C(=O)O)s1. The largest absolute Gasteiger partial charge is 0.478 e. The second-order valence-electron chi connectivity index (χ2n) is 4.24. The van der Waals surface area contributed by atoms with Gasteiger partial charge in [-0.3, -0.25) is 0 Å². The maximum atomic E-state index is 10.4. The molecule has 1 heterocycles. The first-order valence-electron chi connectivity index (χ1n) is 5.60. The predicted molar refractivity (Wildman–Crippen MR) is 76.6 cm³/mol. The van der Waals surface area contributed by atoms with Crippen LogP contribution in [0.2, 0.25) is 0 Å². The van der Waals surface area contributed by atoms with Gasteiger partial charge in [0.15, 0.2) is 0 Å². The third-order valence-corrected chi connectivity index (χ3v) is 5.28. The summed E-state index contributed by atoms with van der Waals surface area (Å²) in [6, 6.07) is 4.05. The lowest BCUT2D eigenvalue weighted by atomic mass is 10.2. The van der Waals surface area contributed by atoms with Crippen LogP contribution in [0.1, 0.15) is 30.5 Å². The predicted octanol–water partition coefficient (Wildman–Crippen LogP) is 4.12. The van der Waals surface area contributed by atoms with Crippen molar-refractivity contribution in [3.05, 3.63) is 28.0 Å². The van der Waals surface area contributed by atoms with E-state index >= 15 is 0 Å². The molecule has 1 rings (SSSR count). The van der Waals surface area contributed by atoms with E-state index in [1.165, 1.54) is 11.0 Å². The van der Waals surface area contributed by atoms with E-state index in [1.807, 2.05) is 17.8 Å². The minimum absolute atomic E-state index is 0.648. The number of carbonyl (C=O) groups is 1. The Bertz CT molecular complexity index is 394. The molecule has 0 aromatic carbocycles. The van der Waals surface area contributed by atoms with Gasteiger partial charge in [0.2, 0.25) is 0 Å². The van der Waals surface area contributed by atoms with Crippen molar-refractivity contribution in [3.8, 4) is 0 Å². The molecule has 1 unspecified atom stereocenters. The second-order valence-corrected chi connectivity index (χ2v) is 6.80. The molecular formula is C13H18O2S2. The summed E-state index contributed by atoms with van der Waals surface area (Å²) in [5.41, 5.74) is 0. The molecule has 1 N–H and O–H groups in total. The summed E-state index contributed by atoms with van der Waals surface area (Å²) in [5, 5.41) is 9.18. The zero-order chi connectivity index (χ0) is 12.8. The van der Waals surface area contributed by atoms with Gasteiger partial charge in [-0.05, 0) is 24.1 Å². The van der Waals surface area contributed by atoms with Crippen molar-refractivity contribution in [2.45, 2.75) is 31.8 Å². The van der Waals surface area contributed by atoms with E-state index in [4.69, 9.17) is 5.11 Å². The zero-order valence-corrected chi connectivity index (χ0v) is 12.0. The summed E-state index contributed by atoms with van der Waals surface area (Å²) in [7, 11) is 0. The molecule has 0 fully saturated rings. The molecule has 0 saturated heterocycles. The van der Waals surface area contributed by atoms with Gasteiger partial charge in [0.25, 0.3) is 0 Å². The van der Waals surface area contributed by atoms with Gasteiger partial charge in [-0.15, -0.1) is 11.3 Å². The molecule has 0 spiro atoms. The average Bonchev–Trinajstić information content (AvgIpc) is 2.70. The van der Waals surface area contributed by atoms with Gasteiger partial charge in [0.05, 0.1) is 0 Å². The summed E-state index contributed by atoms with van der Waals surface area (Å²) in [6.07, 6.45) is 2.83. The van der Waals surface area contributed by atoms with Crippen LogP contribution in [-0.4, -0.2) is 16.3 Å². The third-order valence-electron chi connectivity index (χ3n) is 2.50. The molecule has 1 atom stereocenters. The van der Waals surface area contributed by atoms with Crippen LogP contribution in [0.25, 0.3) is 6.08 Å². The number of thioether (sulfide) groups is 1. The van der Waals surface area contributed by atoms with Crippen molar-refractivity contribution in [1.29, 1.82) is 0 Å². The lowest BCUT2D eigenvalue weighted by Gasteiger charge is -2.13. The molecule has 0 saturated carbocycles. The smallest absolute Gasteiger partial charge is 0.328 e. The number of carboxylic acid groups (broad SMARTS) is 1. The zero-order valence-electron chi connectivity index (χ0n) is 10.3. The van der Waals surface area contributed by atoms with Gasteiger partial charge in [-0.1, -0.05) is 20.8 Å². The summed E-state index contributed by atoms with van der Waals surface area (Å²) in [5.74, 6) is 0.791. The van der Waals surface area contributed by atoms with Crippen LogP contribution in [0, 0.1) is 5.92 Å². The van der Waals surface area contributed by atoms with Crippen molar-refractivity contribution in [2.75, 3.05) is 0 Å². The first kappa shape index (κ1) is 14.3. The van der Waals surface area contributed by atoms with Crippen LogP contribution in [-0.2, 0) is 10.5 Å². The number of aliphatic carboxylic acids is 1. The molecule has 0 aliphatic rings. The normalized spacial score (nSPS) is 13.4. The first-order chi connectivity index (χ1) is 7.99. The average molecular weight is 270 g/mol. The van der Waals surface area contributed by atoms with E-state index in [2.05, 4.69) is 26.8 Å². The van der Waals surface area contributed by atoms with Crippen molar-refractivity contribution in [1.82, 2.24) is 0 Å². The number of rotatable bonds is 6. The third kappa shape index (κ3) is 5.41. The number of hydrogen-bond acceptors (Lipinski definition) is 3. The fraction of sp³-hybridized carbons (Fsp3) is 0.462. The first-order valence-corrected chi connectivity index (χ1v) is 7.47. The van der Waals surface area contributed by atoms with Gasteiger partial charge >= 0.3 is 5.97 Å². The van der Waals surface area contributed by atoms with Crippen LogP contribution in [0.3, 0.4) is 0 Å². The Morgan fingerprint density at radius 1 is 1.47 bits per heavy atom. The molecule has 17 heavy (non-hydrogen) atoms. The Labute approximate surface area is 111 Å². The van der Waals surface area contributed by atoms with Crippen LogP contribution < -0.4 is 0 Å². The molecule has 0 radical (unpaired) electrons. The van der Waals surface area contributed by atoms with E-state index in [9.17, 15) is 4.79 Å². The van der Waals surface area contributed by atoms with Crippen LogP contribution in [0.5, 0.6) is 0 Å². The van der Waals surface area contributed by atoms with E-state index < -0.39 is 5.97 Å². The molecule has 4 heteroatoms. The minimum Gasteiger partial charge on any atom is -0.478 e. The molecule has 2 nitrogen and oxygen atoms in total. The quantitative estimate of drug-likeness (QED) is 0.790. The topological polar surface area (TPSA) is 37.3 Å². The summed E-state index contributed by atoms with van der Waals surface area (Å²) in [4.78, 5) is 12.7. The molecule has 0 amide bonds. The van der Waals surface area contributed by atoms with Gasteiger partial charge < -0.3 is 5.11 Å². The van der Waals surface area contributed by atoms with E-state index in [1.54, 1.807) is 17.4 Å². The van der Waals surface area contributed by atoms with Gasteiger partial charge in [-0.2, -0.15) is 11.8 Å². The fourth-order valence-corrected chi connectivity index (χ4v) is 3.18. The fourth-order valence-electron chi connectivity index (χ4n) is 1.12. The van der Waals surface area contributed by atoms with E-state index in [-0.39, 0.29) is 0 Å². The minimum atomic E-state index is -0.900. The highest BCUT2D eigenvalue weighted by atomic mass is 32.2. The second kappa shape index (κ2) is 6.87. The maximum absolute atomic E-state index is 10.4. The molecule has 0 aliphatic carbocycles. The number of thiophene rings is 1. The highest BCUT2D eigenvalue weighted by Crippen LogP contribution is 2.27. The molecule has 1 aromatic heterocycles. The highest BCUT2D eigenvalue weighted by Gasteiger charge is 2.08. The Morgan fingerprint density at radius 2 is 2.18 bits per heavy atom. The van der Waals surface area contributed by atoms with Gasteiger partial charge in [0, 0.05) is 26.8 Å². The maximum Gasteiger partial charge on any atom is 0.328 e. The van der Waals surface area contributed by atoms with Crippen molar-refractivity contribution >= 4 is 35.1 Å². The van der Waals surface area contributed by atoms with Crippen molar-refractivity contribution < 1.29 is 9.90 Å². The molecule has 0 aliphatic heterocycles. The van der Waals surface area contributed by atoms with Crippen molar-refractivity contribution in [3.63, 3.8) is 0 Å². The summed E-state index contributed by atoms with van der Waals surface area (Å²) >= 11 is 3.60. The Kier molecular flexibility index (Phi) is 5.78. The van der Waals surface area contributed by atoms with Crippen molar-refractivity contribution in [2.24, 2.45) is 5.92 Å². The van der Waals surface area contributed by atoms with Crippen LogP contribution >= 0.6 is 23.1 Å². The van der Waals surface area contributed by atoms with Crippen LogP contribution in [0.15, 0.2) is 18.2 Å². The van der Waals surface area contributed by atoms with Gasteiger partial charge in [-0.25, -0.2) is 4.79 Å². The lowest BCUT2D eigenvalue weighted by Crippen LogP contribution is -2.05. The van der Waals surface area contributed by atoms with E-state index in [0.29, 0.717) is 11.2 Å². The molecule has 94 valence electrons. The highest BCUT2D eigenvalue weighted by molar-refractivity contribution is 7.99. The monoisotopic (exact) mass is 270 g/mol. The summed E-state index contributed by atoms with van der Waals surface area (Å²) in [6.45, 7) is 6.70. The Morgan fingerprint density at radius 3 is 2.76 bits per heavy atom. The lowest BCUT2D eigenvalue weighted by molar-refractivity contribution is -0.131. The standard InChI is InChI=1S/C13H18O2S2/c1-9(2)10(3)16-8-12-5-4-11(17-12)6-7-13(14)15/h4-7,9-10H,8H2,1-3H3,(H,14,15)/b7-6+. The number of hydrogen-bond donors (Lipinski definition) is 1. The summed E-state index contributed by atoms with van der Waals surface area (Å²) < 4.78 is 0. The van der Waals surface area contributed by atoms with Gasteiger partial charge in [0.1, 0.15) is 0 Å². The molecule has 1 aromatic rings. The molecular weight excluding hydrogens is 252 g/mol. The Hall–Kier alpha value is -0.740. The van der Waals surface area contributed by atoms with Crippen LogP contribution in [0.4, 0.5) is 0 Å². The Balaban J connectivity index is 2.48. The van der Waals surface area contributed by atoms with E-state index in [0.717, 1.165) is 10.6 Å². The molecule has 0 bridgehead atoms. The number of carboxylic acids is 1.